The first-order valence-corrected chi connectivity index (χ1v) is 10.4. The number of amides is 1. The van der Waals surface area contributed by atoms with E-state index in [1.165, 1.54) is 0 Å². The van der Waals surface area contributed by atoms with Crippen molar-refractivity contribution in [3.05, 3.63) is 83.2 Å². The van der Waals surface area contributed by atoms with Gasteiger partial charge in [0.1, 0.15) is 0 Å². The quantitative estimate of drug-likeness (QED) is 0.437. The monoisotopic (exact) mass is 417 g/mol. The average molecular weight is 418 g/mol. The number of halogens is 1. The molecule has 0 aliphatic carbocycles. The Hall–Kier alpha value is -3.18. The molecule has 1 fully saturated rings. The molecule has 6 heteroatoms. The van der Waals surface area contributed by atoms with Crippen LogP contribution >= 0.6 is 11.6 Å². The van der Waals surface area contributed by atoms with Gasteiger partial charge in [-0.15, -0.1) is 0 Å². The molecule has 2 heterocycles. The van der Waals surface area contributed by atoms with Crippen LogP contribution in [-0.2, 0) is 0 Å². The second-order valence-electron chi connectivity index (χ2n) is 7.62. The maximum atomic E-state index is 13.1. The molecule has 150 valence electrons. The average Bonchev–Trinajstić information content (AvgIpc) is 3.29. The smallest absolute Gasteiger partial charge is 0.253 e. The van der Waals surface area contributed by atoms with E-state index in [4.69, 9.17) is 16.1 Å². The second kappa shape index (κ2) is 7.92. The number of aromatic nitrogens is 2. The van der Waals surface area contributed by atoms with E-state index < -0.39 is 0 Å². The van der Waals surface area contributed by atoms with Gasteiger partial charge >= 0.3 is 0 Å². The van der Waals surface area contributed by atoms with Gasteiger partial charge in [-0.05, 0) is 60.0 Å². The number of piperidine rings is 1. The lowest BCUT2D eigenvalue weighted by atomic mass is 9.97. The van der Waals surface area contributed by atoms with Crippen molar-refractivity contribution >= 4 is 28.3 Å². The number of likely N-dealkylation sites (tertiary alicyclic amines) is 1. The number of carbonyl (C=O) groups is 1. The molecule has 1 aliphatic rings. The number of fused-ring (bicyclic) bond motifs is 1. The third kappa shape index (κ3) is 3.68. The lowest BCUT2D eigenvalue weighted by Crippen LogP contribution is -2.39. The van der Waals surface area contributed by atoms with Crippen LogP contribution < -0.4 is 0 Å². The molecule has 1 atom stereocenters. The highest BCUT2D eigenvalue weighted by Gasteiger charge is 2.29. The standard InChI is InChI=1S/C24H20ClN3O2/c25-21-11-9-17(10-12-21)22-26-23(30-27-22)20-6-3-13-28(15-20)24(29)19-8-7-16-4-1-2-5-18(16)14-19/h1-2,4-5,7-12,14,20H,3,6,13,15H2. The first-order chi connectivity index (χ1) is 14.7. The van der Waals surface area contributed by atoms with Gasteiger partial charge in [-0.3, -0.25) is 4.79 Å². The van der Waals surface area contributed by atoms with E-state index >= 15 is 0 Å². The summed E-state index contributed by atoms with van der Waals surface area (Å²) in [5.74, 6) is 1.20. The summed E-state index contributed by atoms with van der Waals surface area (Å²) >= 11 is 5.95. The van der Waals surface area contributed by atoms with Gasteiger partial charge in [0.2, 0.25) is 11.7 Å². The van der Waals surface area contributed by atoms with Crippen molar-refractivity contribution in [1.82, 2.24) is 15.0 Å². The summed E-state index contributed by atoms with van der Waals surface area (Å²) in [4.78, 5) is 19.6. The highest BCUT2D eigenvalue weighted by atomic mass is 35.5. The minimum atomic E-state index is 0.0386. The molecular formula is C24H20ClN3O2. The van der Waals surface area contributed by atoms with Crippen molar-refractivity contribution in [2.45, 2.75) is 18.8 Å². The fraction of sp³-hybridized carbons (Fsp3) is 0.208. The Labute approximate surface area is 179 Å². The van der Waals surface area contributed by atoms with E-state index in [2.05, 4.69) is 10.1 Å². The third-order valence-corrected chi connectivity index (χ3v) is 5.85. The summed E-state index contributed by atoms with van der Waals surface area (Å²) in [5, 5.41) is 6.99. The van der Waals surface area contributed by atoms with Gasteiger partial charge in [-0.2, -0.15) is 4.98 Å². The molecule has 3 aromatic carbocycles. The Bertz CT molecular complexity index is 1200. The molecule has 1 unspecified atom stereocenters. The molecule has 4 aromatic rings. The van der Waals surface area contributed by atoms with Gasteiger partial charge < -0.3 is 9.42 Å². The number of hydrogen-bond donors (Lipinski definition) is 0. The zero-order chi connectivity index (χ0) is 20.5. The second-order valence-corrected chi connectivity index (χ2v) is 8.05. The lowest BCUT2D eigenvalue weighted by Gasteiger charge is -2.31. The van der Waals surface area contributed by atoms with E-state index in [0.29, 0.717) is 28.8 Å². The molecular weight excluding hydrogens is 398 g/mol. The normalized spacial score (nSPS) is 16.7. The summed E-state index contributed by atoms with van der Waals surface area (Å²) in [7, 11) is 0. The van der Waals surface area contributed by atoms with Gasteiger partial charge in [0.15, 0.2) is 0 Å². The fourth-order valence-electron chi connectivity index (χ4n) is 3.99. The van der Waals surface area contributed by atoms with Crippen LogP contribution in [0.3, 0.4) is 0 Å². The molecule has 0 N–H and O–H groups in total. The molecule has 0 radical (unpaired) electrons. The molecule has 0 spiro atoms. The maximum Gasteiger partial charge on any atom is 0.253 e. The van der Waals surface area contributed by atoms with Crippen LogP contribution in [0.25, 0.3) is 22.2 Å². The minimum absolute atomic E-state index is 0.0386. The fourth-order valence-corrected chi connectivity index (χ4v) is 4.11. The largest absolute Gasteiger partial charge is 0.339 e. The molecule has 5 nitrogen and oxygen atoms in total. The van der Waals surface area contributed by atoms with Gasteiger partial charge in [-0.1, -0.05) is 47.1 Å². The van der Waals surface area contributed by atoms with E-state index in [0.717, 1.165) is 35.7 Å². The Kier molecular flexibility index (Phi) is 4.97. The Morgan fingerprint density at radius 3 is 2.67 bits per heavy atom. The molecule has 5 rings (SSSR count). The highest BCUT2D eigenvalue weighted by molar-refractivity contribution is 6.30. The van der Waals surface area contributed by atoms with Crippen LogP contribution in [-0.4, -0.2) is 34.0 Å². The summed E-state index contributed by atoms with van der Waals surface area (Å²) < 4.78 is 5.55. The molecule has 30 heavy (non-hydrogen) atoms. The highest BCUT2D eigenvalue weighted by Crippen LogP contribution is 2.29. The molecule has 1 aromatic heterocycles. The molecule has 0 bridgehead atoms. The van der Waals surface area contributed by atoms with Crippen LogP contribution in [0.4, 0.5) is 0 Å². The van der Waals surface area contributed by atoms with Crippen molar-refractivity contribution in [3.63, 3.8) is 0 Å². The van der Waals surface area contributed by atoms with Crippen LogP contribution in [0, 0.1) is 0 Å². The van der Waals surface area contributed by atoms with Crippen LogP contribution in [0.5, 0.6) is 0 Å². The maximum absolute atomic E-state index is 13.1. The number of hydrogen-bond acceptors (Lipinski definition) is 4. The molecule has 1 amide bonds. The summed E-state index contributed by atoms with van der Waals surface area (Å²) in [6, 6.07) is 21.3. The Morgan fingerprint density at radius 2 is 1.83 bits per heavy atom. The first-order valence-electron chi connectivity index (χ1n) is 10.0. The number of rotatable bonds is 3. The van der Waals surface area contributed by atoms with Crippen molar-refractivity contribution in [1.29, 1.82) is 0 Å². The molecule has 1 aliphatic heterocycles. The molecule has 1 saturated heterocycles. The van der Waals surface area contributed by atoms with Crippen molar-refractivity contribution in [2.24, 2.45) is 0 Å². The third-order valence-electron chi connectivity index (χ3n) is 5.60. The first kappa shape index (κ1) is 18.8. The zero-order valence-corrected chi connectivity index (χ0v) is 17.0. The van der Waals surface area contributed by atoms with Crippen LogP contribution in [0.15, 0.2) is 71.3 Å². The van der Waals surface area contributed by atoms with E-state index in [1.807, 2.05) is 59.5 Å². The van der Waals surface area contributed by atoms with Gasteiger partial charge in [0, 0.05) is 29.2 Å². The Balaban J connectivity index is 1.34. The van der Waals surface area contributed by atoms with E-state index in [9.17, 15) is 4.79 Å². The SMILES string of the molecule is O=C(c1ccc2ccccc2c1)N1CCCC(c2nc(-c3ccc(Cl)cc3)no2)C1. The number of benzene rings is 3. The van der Waals surface area contributed by atoms with Gasteiger partial charge in [0.25, 0.3) is 5.91 Å². The van der Waals surface area contributed by atoms with Crippen molar-refractivity contribution in [3.8, 4) is 11.4 Å². The zero-order valence-electron chi connectivity index (χ0n) is 16.3. The summed E-state index contributed by atoms with van der Waals surface area (Å²) in [6.07, 6.45) is 1.83. The van der Waals surface area contributed by atoms with Crippen molar-refractivity contribution < 1.29 is 9.32 Å². The summed E-state index contributed by atoms with van der Waals surface area (Å²) in [6.45, 7) is 1.31. The summed E-state index contributed by atoms with van der Waals surface area (Å²) in [5.41, 5.74) is 1.57. The minimum Gasteiger partial charge on any atom is -0.339 e. The predicted octanol–water partition coefficient (Wildman–Crippen LogP) is 5.56. The topological polar surface area (TPSA) is 59.2 Å². The van der Waals surface area contributed by atoms with Crippen LogP contribution in [0.1, 0.15) is 35.0 Å². The van der Waals surface area contributed by atoms with Gasteiger partial charge in [0.05, 0.1) is 5.92 Å². The van der Waals surface area contributed by atoms with Gasteiger partial charge in [-0.25, -0.2) is 0 Å². The van der Waals surface area contributed by atoms with Crippen molar-refractivity contribution in [2.75, 3.05) is 13.1 Å². The number of nitrogens with zero attached hydrogens (tertiary/aromatic N) is 3. The van der Waals surface area contributed by atoms with E-state index in [-0.39, 0.29) is 11.8 Å². The number of carbonyl (C=O) groups excluding carboxylic acids is 1. The predicted molar refractivity (Wildman–Crippen MR) is 117 cm³/mol. The van der Waals surface area contributed by atoms with E-state index in [1.54, 1.807) is 12.1 Å². The lowest BCUT2D eigenvalue weighted by molar-refractivity contribution is 0.0696. The Morgan fingerprint density at radius 1 is 1.03 bits per heavy atom. The van der Waals surface area contributed by atoms with Crippen LogP contribution in [0.2, 0.25) is 5.02 Å². The molecule has 0 saturated carbocycles.